The molecule has 2 aromatic carbocycles. The van der Waals surface area contributed by atoms with Crippen LogP contribution in [-0.2, 0) is 16.7 Å². The molecule has 0 aliphatic rings. The lowest BCUT2D eigenvalue weighted by Crippen LogP contribution is -2.39. The predicted octanol–water partition coefficient (Wildman–Crippen LogP) is 3.88. The van der Waals surface area contributed by atoms with Crippen molar-refractivity contribution in [3.05, 3.63) is 77.5 Å². The number of benzene rings is 2. The number of fused-ring (bicyclic) bond motifs is 1. The number of aryl methyl sites for hydroxylation is 2. The van der Waals surface area contributed by atoms with Crippen LogP contribution in [0, 0.1) is 6.92 Å². The summed E-state index contributed by atoms with van der Waals surface area (Å²) in [7, 11) is -3.96. The number of hydrogen-bond donors (Lipinski definition) is 1. The maximum absolute atomic E-state index is 11.1. The number of nitrogens with zero attached hydrogens (tertiary/aromatic N) is 1. The molecule has 0 spiro atoms. The largest absolute Gasteiger partial charge is 0.286 e. The van der Waals surface area contributed by atoms with Crippen LogP contribution in [0.1, 0.15) is 23.2 Å². The van der Waals surface area contributed by atoms with E-state index in [1.54, 1.807) is 0 Å². The molecule has 0 saturated heterocycles. The van der Waals surface area contributed by atoms with E-state index in [0.717, 1.165) is 22.2 Å². The van der Waals surface area contributed by atoms with Gasteiger partial charge >= 0.3 is 0 Å². The molecule has 1 heterocycles. The van der Waals surface area contributed by atoms with Crippen molar-refractivity contribution in [1.29, 1.82) is 0 Å². The average molecular weight is 368 g/mol. The smallest absolute Gasteiger partial charge is 0.265 e. The van der Waals surface area contributed by atoms with E-state index in [1.807, 2.05) is 60.7 Å². The summed E-state index contributed by atoms with van der Waals surface area (Å²) in [6, 6.07) is 20.2. The highest BCUT2D eigenvalue weighted by Gasteiger charge is 2.17. The second-order valence-electron chi connectivity index (χ2n) is 6.30. The third kappa shape index (κ3) is 4.56. The standard InChI is InChI=1S/C21H21NO3S/c1-17-16-19(13-12-18-8-3-2-4-9-18)22(14-7-15-26(23,24)25)21-11-6-5-10-20(17)21/h2-6,8-13,16H,7,14-15H2,1H3/p+1/b13-12-. The van der Waals surface area contributed by atoms with Crippen molar-refractivity contribution < 1.29 is 17.5 Å². The molecule has 0 aliphatic carbocycles. The Labute approximate surface area is 154 Å². The Kier molecular flexibility index (Phi) is 5.49. The minimum Gasteiger partial charge on any atom is -0.286 e. The van der Waals surface area contributed by atoms with E-state index in [2.05, 4.69) is 23.6 Å². The molecule has 0 amide bonds. The number of para-hydroxylation sites is 1. The van der Waals surface area contributed by atoms with Gasteiger partial charge in [0, 0.05) is 30.0 Å². The van der Waals surface area contributed by atoms with Crippen LogP contribution in [0.5, 0.6) is 0 Å². The summed E-state index contributed by atoms with van der Waals surface area (Å²) in [4.78, 5) is 0. The van der Waals surface area contributed by atoms with Gasteiger partial charge in [0.05, 0.1) is 5.75 Å². The summed E-state index contributed by atoms with van der Waals surface area (Å²) in [6.45, 7) is 2.58. The molecule has 3 rings (SSSR count). The Balaban J connectivity index is 2.02. The summed E-state index contributed by atoms with van der Waals surface area (Å²) in [5, 5.41) is 1.14. The first-order chi connectivity index (χ1) is 12.4. The van der Waals surface area contributed by atoms with Crippen molar-refractivity contribution in [1.82, 2.24) is 0 Å². The first-order valence-corrected chi connectivity index (χ1v) is 10.2. The fourth-order valence-electron chi connectivity index (χ4n) is 3.10. The maximum atomic E-state index is 11.1. The van der Waals surface area contributed by atoms with Crippen molar-refractivity contribution in [2.24, 2.45) is 0 Å². The summed E-state index contributed by atoms with van der Waals surface area (Å²) < 4.78 is 33.3. The molecule has 0 fully saturated rings. The summed E-state index contributed by atoms with van der Waals surface area (Å²) in [5.74, 6) is -0.246. The molecule has 0 saturated carbocycles. The van der Waals surface area contributed by atoms with Crippen molar-refractivity contribution in [2.45, 2.75) is 19.9 Å². The molecule has 0 aliphatic heterocycles. The third-order valence-corrected chi connectivity index (χ3v) is 5.13. The van der Waals surface area contributed by atoms with Crippen molar-refractivity contribution in [2.75, 3.05) is 5.75 Å². The lowest BCUT2D eigenvalue weighted by atomic mass is 10.1. The Hall–Kier alpha value is -2.50. The van der Waals surface area contributed by atoms with E-state index >= 15 is 0 Å². The van der Waals surface area contributed by atoms with E-state index in [9.17, 15) is 8.42 Å². The van der Waals surface area contributed by atoms with E-state index in [-0.39, 0.29) is 5.75 Å². The molecular weight excluding hydrogens is 346 g/mol. The zero-order valence-electron chi connectivity index (χ0n) is 14.7. The van der Waals surface area contributed by atoms with Gasteiger partial charge in [-0.25, -0.2) is 0 Å². The van der Waals surface area contributed by atoms with Crippen LogP contribution in [0.25, 0.3) is 23.1 Å². The molecule has 1 N–H and O–H groups in total. The highest BCUT2D eigenvalue weighted by molar-refractivity contribution is 7.85. The Morgan fingerprint density at radius 3 is 2.42 bits per heavy atom. The molecule has 0 unspecified atom stereocenters. The molecule has 5 heteroatoms. The normalized spacial score (nSPS) is 12.1. The van der Waals surface area contributed by atoms with Gasteiger partial charge < -0.3 is 0 Å². The number of pyridine rings is 1. The SMILES string of the molecule is Cc1cc(/C=C\c2ccccc2)[n+](CCCS(=O)(=O)O)c2ccccc12. The van der Waals surface area contributed by atoms with E-state index < -0.39 is 10.1 Å². The van der Waals surface area contributed by atoms with Crippen molar-refractivity contribution in [3.8, 4) is 0 Å². The van der Waals surface area contributed by atoms with Crippen molar-refractivity contribution in [3.63, 3.8) is 0 Å². The van der Waals surface area contributed by atoms with E-state index in [1.165, 1.54) is 5.56 Å². The van der Waals surface area contributed by atoms with Crippen LogP contribution in [0.2, 0.25) is 0 Å². The van der Waals surface area contributed by atoms with Gasteiger partial charge in [-0.05, 0) is 30.2 Å². The van der Waals surface area contributed by atoms with Gasteiger partial charge in [-0.1, -0.05) is 42.5 Å². The first-order valence-electron chi connectivity index (χ1n) is 8.54. The van der Waals surface area contributed by atoms with E-state index in [4.69, 9.17) is 4.55 Å². The first kappa shape index (κ1) is 18.3. The third-order valence-electron chi connectivity index (χ3n) is 4.33. The highest BCUT2D eigenvalue weighted by Crippen LogP contribution is 2.18. The average Bonchev–Trinajstić information content (AvgIpc) is 2.62. The summed E-state index contributed by atoms with van der Waals surface area (Å²) in [6.07, 6.45) is 4.44. The Morgan fingerprint density at radius 2 is 1.69 bits per heavy atom. The second kappa shape index (κ2) is 7.81. The van der Waals surface area contributed by atoms with Gasteiger partial charge in [-0.15, -0.1) is 0 Å². The van der Waals surface area contributed by atoms with Crippen LogP contribution in [0.4, 0.5) is 0 Å². The van der Waals surface area contributed by atoms with Gasteiger partial charge in [0.1, 0.15) is 0 Å². The number of rotatable bonds is 6. The van der Waals surface area contributed by atoms with E-state index in [0.29, 0.717) is 13.0 Å². The fourth-order valence-corrected chi connectivity index (χ4v) is 3.59. The van der Waals surface area contributed by atoms with Gasteiger partial charge in [0.15, 0.2) is 6.54 Å². The quantitative estimate of drug-likeness (QED) is 0.530. The van der Waals surface area contributed by atoms with Crippen LogP contribution in [0.3, 0.4) is 0 Å². The second-order valence-corrected chi connectivity index (χ2v) is 7.88. The molecule has 4 nitrogen and oxygen atoms in total. The molecular formula is C21H22NO3S+. The molecule has 0 bridgehead atoms. The van der Waals surface area contributed by atoms with Crippen molar-refractivity contribution >= 4 is 33.2 Å². The summed E-state index contributed by atoms with van der Waals surface area (Å²) in [5.41, 5.74) is 4.32. The number of hydrogen-bond acceptors (Lipinski definition) is 2. The Morgan fingerprint density at radius 1 is 1.00 bits per heavy atom. The van der Waals surface area contributed by atoms with Gasteiger partial charge in [0.25, 0.3) is 10.1 Å². The molecule has 0 atom stereocenters. The minimum absolute atomic E-state index is 0.246. The van der Waals surface area contributed by atoms with Crippen LogP contribution in [0.15, 0.2) is 60.7 Å². The van der Waals surface area contributed by atoms with Crippen LogP contribution >= 0.6 is 0 Å². The van der Waals surface area contributed by atoms with Crippen LogP contribution in [-0.4, -0.2) is 18.7 Å². The molecule has 3 aromatic rings. The lowest BCUT2D eigenvalue weighted by molar-refractivity contribution is -0.673. The lowest BCUT2D eigenvalue weighted by Gasteiger charge is -2.07. The fraction of sp³-hybridized carbons (Fsp3) is 0.190. The molecule has 0 radical (unpaired) electrons. The zero-order valence-corrected chi connectivity index (χ0v) is 15.5. The monoisotopic (exact) mass is 368 g/mol. The number of aromatic nitrogens is 1. The molecule has 134 valence electrons. The maximum Gasteiger partial charge on any atom is 0.265 e. The molecule has 26 heavy (non-hydrogen) atoms. The van der Waals surface area contributed by atoms with Gasteiger partial charge in [-0.2, -0.15) is 13.0 Å². The van der Waals surface area contributed by atoms with Gasteiger partial charge in [-0.3, -0.25) is 4.55 Å². The Bertz CT molecular complexity index is 1040. The zero-order chi connectivity index (χ0) is 18.6. The molecule has 1 aromatic heterocycles. The topological polar surface area (TPSA) is 58.2 Å². The highest BCUT2D eigenvalue weighted by atomic mass is 32.2. The minimum atomic E-state index is -3.96. The van der Waals surface area contributed by atoms with Gasteiger partial charge in [0.2, 0.25) is 11.2 Å². The van der Waals surface area contributed by atoms with Crippen LogP contribution < -0.4 is 4.57 Å². The predicted molar refractivity (Wildman–Crippen MR) is 105 cm³/mol. The summed E-state index contributed by atoms with van der Waals surface area (Å²) >= 11 is 0.